The summed E-state index contributed by atoms with van der Waals surface area (Å²) in [5, 5.41) is 2.66. The van der Waals surface area contributed by atoms with Crippen molar-refractivity contribution in [3.8, 4) is 0 Å². The number of amides is 3. The number of hydrogen-bond acceptors (Lipinski definition) is 6. The van der Waals surface area contributed by atoms with Crippen molar-refractivity contribution < 1.29 is 32.6 Å². The third-order valence-electron chi connectivity index (χ3n) is 6.17. The second kappa shape index (κ2) is 11.7. The van der Waals surface area contributed by atoms with Gasteiger partial charge in [0, 0.05) is 44.4 Å². The number of cyclic esters (lactones) is 1. The summed E-state index contributed by atoms with van der Waals surface area (Å²) < 4.78 is 40.8. The Bertz CT molecular complexity index is 1220. The van der Waals surface area contributed by atoms with Crippen LogP contribution in [0.1, 0.15) is 26.3 Å². The predicted octanol–water partition coefficient (Wildman–Crippen LogP) is 4.18. The maximum absolute atomic E-state index is 15.1. The molecule has 2 aliphatic heterocycles. The van der Waals surface area contributed by atoms with Gasteiger partial charge in [-0.1, -0.05) is 30.3 Å². The van der Waals surface area contributed by atoms with Crippen LogP contribution in [0.2, 0.25) is 0 Å². The molecule has 0 spiro atoms. The van der Waals surface area contributed by atoms with Crippen LogP contribution in [0.4, 0.5) is 29.7 Å². The van der Waals surface area contributed by atoms with Crippen molar-refractivity contribution in [2.75, 3.05) is 49.1 Å². The second-order valence-electron chi connectivity index (χ2n) is 10.3. The highest BCUT2D eigenvalue weighted by Gasteiger charge is 2.34. The average molecular weight is 543 g/mol. The fraction of sp³-hybridized carbons (Fsp3) is 0.393. The monoisotopic (exact) mass is 542 g/mol. The van der Waals surface area contributed by atoms with Gasteiger partial charge in [-0.15, -0.1) is 0 Å². The number of carbonyl (C=O) groups excluding carboxylic acids is 3. The molecule has 1 N–H and O–H groups in total. The van der Waals surface area contributed by atoms with Crippen molar-refractivity contribution in [2.45, 2.75) is 32.5 Å². The van der Waals surface area contributed by atoms with Gasteiger partial charge in [0.25, 0.3) is 0 Å². The number of ether oxygens (including phenoxy) is 2. The van der Waals surface area contributed by atoms with Crippen molar-refractivity contribution in [1.29, 1.82) is 0 Å². The minimum Gasteiger partial charge on any atom is -0.444 e. The van der Waals surface area contributed by atoms with E-state index in [2.05, 4.69) is 5.32 Å². The van der Waals surface area contributed by atoms with Crippen LogP contribution >= 0.6 is 0 Å². The zero-order valence-electron chi connectivity index (χ0n) is 22.2. The number of halogens is 2. The lowest BCUT2D eigenvalue weighted by Crippen LogP contribution is -2.50. The first-order chi connectivity index (χ1) is 18.5. The summed E-state index contributed by atoms with van der Waals surface area (Å²) in [6.07, 6.45) is 1.13. The zero-order valence-corrected chi connectivity index (χ0v) is 22.2. The highest BCUT2D eigenvalue weighted by atomic mass is 19.1. The Morgan fingerprint density at radius 2 is 1.72 bits per heavy atom. The van der Waals surface area contributed by atoms with Crippen LogP contribution in [-0.2, 0) is 14.3 Å². The fourth-order valence-corrected chi connectivity index (χ4v) is 4.30. The Labute approximate surface area is 225 Å². The Morgan fingerprint density at radius 3 is 2.33 bits per heavy atom. The minimum absolute atomic E-state index is 0.0175. The molecule has 0 aliphatic carbocycles. The van der Waals surface area contributed by atoms with Gasteiger partial charge in [-0.25, -0.2) is 18.4 Å². The van der Waals surface area contributed by atoms with Crippen LogP contribution in [-0.4, -0.2) is 74.0 Å². The summed E-state index contributed by atoms with van der Waals surface area (Å²) >= 11 is 0. The van der Waals surface area contributed by atoms with Gasteiger partial charge < -0.3 is 24.6 Å². The highest BCUT2D eigenvalue weighted by Crippen LogP contribution is 2.31. The first-order valence-electron chi connectivity index (χ1n) is 12.7. The molecule has 0 radical (unpaired) electrons. The van der Waals surface area contributed by atoms with E-state index in [-0.39, 0.29) is 56.6 Å². The predicted molar refractivity (Wildman–Crippen MR) is 142 cm³/mol. The molecule has 9 nitrogen and oxygen atoms in total. The minimum atomic E-state index is -0.827. The lowest BCUT2D eigenvalue weighted by atomic mass is 10.2. The van der Waals surface area contributed by atoms with E-state index >= 15 is 8.78 Å². The van der Waals surface area contributed by atoms with E-state index in [1.54, 1.807) is 26.8 Å². The molecular formula is C28H32F2N4O5. The van der Waals surface area contributed by atoms with Gasteiger partial charge >= 0.3 is 12.2 Å². The number of piperazine rings is 1. The van der Waals surface area contributed by atoms with Crippen LogP contribution in [0.15, 0.2) is 48.5 Å². The maximum Gasteiger partial charge on any atom is 0.414 e. The molecule has 208 valence electrons. The number of nitrogens with one attached hydrogen (secondary N) is 1. The number of hydrogen-bond donors (Lipinski definition) is 1. The first kappa shape index (κ1) is 27.9. The maximum atomic E-state index is 15.1. The number of nitrogens with zero attached hydrogens (tertiary/aromatic N) is 3. The summed E-state index contributed by atoms with van der Waals surface area (Å²) in [4.78, 5) is 41.0. The van der Waals surface area contributed by atoms with E-state index in [1.807, 2.05) is 30.3 Å². The van der Waals surface area contributed by atoms with Gasteiger partial charge in [0.2, 0.25) is 5.91 Å². The fourth-order valence-electron chi connectivity index (χ4n) is 4.30. The number of anilines is 2. The molecule has 3 amide bonds. The van der Waals surface area contributed by atoms with E-state index in [1.165, 1.54) is 15.9 Å². The topological polar surface area (TPSA) is 91.4 Å². The molecule has 2 aromatic carbocycles. The quantitative estimate of drug-likeness (QED) is 0.551. The van der Waals surface area contributed by atoms with Crippen molar-refractivity contribution in [3.63, 3.8) is 0 Å². The highest BCUT2D eigenvalue weighted by molar-refractivity contribution is 5.92. The van der Waals surface area contributed by atoms with Crippen LogP contribution in [0.25, 0.3) is 6.08 Å². The first-order valence-corrected chi connectivity index (χ1v) is 12.7. The van der Waals surface area contributed by atoms with E-state index in [0.29, 0.717) is 0 Å². The number of benzene rings is 2. The Kier molecular flexibility index (Phi) is 8.37. The lowest BCUT2D eigenvalue weighted by molar-refractivity contribution is -0.116. The second-order valence-corrected chi connectivity index (χ2v) is 10.3. The molecule has 2 aliphatic rings. The Morgan fingerprint density at radius 1 is 1.08 bits per heavy atom. The van der Waals surface area contributed by atoms with E-state index in [0.717, 1.165) is 22.6 Å². The summed E-state index contributed by atoms with van der Waals surface area (Å²) in [6, 6.07) is 11.5. The summed E-state index contributed by atoms with van der Waals surface area (Å²) in [7, 11) is 0. The van der Waals surface area contributed by atoms with Crippen LogP contribution in [0, 0.1) is 11.6 Å². The van der Waals surface area contributed by atoms with Crippen LogP contribution in [0.5, 0.6) is 0 Å². The third kappa shape index (κ3) is 7.24. The third-order valence-corrected chi connectivity index (χ3v) is 6.17. The molecule has 0 aromatic heterocycles. The molecule has 11 heteroatoms. The van der Waals surface area contributed by atoms with Crippen LogP contribution in [0.3, 0.4) is 0 Å². The summed E-state index contributed by atoms with van der Waals surface area (Å²) in [5.74, 6) is -2.01. The molecule has 0 saturated carbocycles. The van der Waals surface area contributed by atoms with Gasteiger partial charge in [0.15, 0.2) is 11.6 Å². The van der Waals surface area contributed by atoms with Crippen molar-refractivity contribution in [1.82, 2.24) is 10.2 Å². The van der Waals surface area contributed by atoms with Gasteiger partial charge in [-0.2, -0.15) is 0 Å². The molecule has 2 saturated heterocycles. The normalized spacial score (nSPS) is 17.9. The molecule has 2 heterocycles. The number of carbonyl (C=O) groups is 3. The Hall–Kier alpha value is -4.15. The average Bonchev–Trinajstić information content (AvgIpc) is 3.26. The smallest absolute Gasteiger partial charge is 0.414 e. The van der Waals surface area contributed by atoms with Gasteiger partial charge in [-0.05, 0) is 32.4 Å². The van der Waals surface area contributed by atoms with E-state index in [4.69, 9.17) is 9.47 Å². The molecule has 0 unspecified atom stereocenters. The van der Waals surface area contributed by atoms with Crippen LogP contribution < -0.4 is 15.1 Å². The molecule has 1 atom stereocenters. The standard InChI is InChI=1S/C28H32F2N4O5/c1-28(2,3)39-26(36)33-13-11-32(12-14-33)25-22(29)15-20(16-23(25)30)34-18-21(38-27(34)37)17-31-24(35)10-9-19-7-5-4-6-8-19/h4-10,15-16,21H,11-14,17-18H2,1-3H3,(H,31,35)/t21-/m0/s1. The van der Waals surface area contributed by atoms with Crippen molar-refractivity contribution in [3.05, 3.63) is 65.7 Å². The Balaban J connectivity index is 1.33. The van der Waals surface area contributed by atoms with Crippen molar-refractivity contribution >= 4 is 35.5 Å². The van der Waals surface area contributed by atoms with Crippen molar-refractivity contribution in [2.24, 2.45) is 0 Å². The molecule has 39 heavy (non-hydrogen) atoms. The molecule has 0 bridgehead atoms. The molecular weight excluding hydrogens is 510 g/mol. The van der Waals surface area contributed by atoms with E-state index in [9.17, 15) is 14.4 Å². The van der Waals surface area contributed by atoms with Gasteiger partial charge in [-0.3, -0.25) is 9.69 Å². The molecule has 2 fully saturated rings. The summed E-state index contributed by atoms with van der Waals surface area (Å²) in [5.41, 5.74) is 0.0277. The SMILES string of the molecule is CC(C)(C)OC(=O)N1CCN(c2c(F)cc(N3C[C@H](CNC(=O)C=Cc4ccccc4)OC3=O)cc2F)CC1. The van der Waals surface area contributed by atoms with Gasteiger partial charge in [0.1, 0.15) is 17.4 Å². The van der Waals surface area contributed by atoms with E-state index < -0.39 is 35.5 Å². The van der Waals surface area contributed by atoms with Gasteiger partial charge in [0.05, 0.1) is 18.8 Å². The number of rotatable bonds is 6. The summed E-state index contributed by atoms with van der Waals surface area (Å²) in [6.45, 7) is 6.33. The zero-order chi connectivity index (χ0) is 28.2. The lowest BCUT2D eigenvalue weighted by Gasteiger charge is -2.37. The molecule has 4 rings (SSSR count). The largest absolute Gasteiger partial charge is 0.444 e. The molecule has 2 aromatic rings.